The highest BCUT2D eigenvalue weighted by Crippen LogP contribution is 2.29. The van der Waals surface area contributed by atoms with Gasteiger partial charge < -0.3 is 5.73 Å². The van der Waals surface area contributed by atoms with Gasteiger partial charge in [0.05, 0.1) is 5.02 Å². The van der Waals surface area contributed by atoms with Crippen LogP contribution in [0.2, 0.25) is 5.02 Å². The Morgan fingerprint density at radius 1 is 1.58 bits per heavy atom. The molecule has 0 radical (unpaired) electrons. The predicted octanol–water partition coefficient (Wildman–Crippen LogP) is 3.17. The molecule has 0 aliphatic rings. The Kier molecular flexibility index (Phi) is 3.23. The van der Waals surface area contributed by atoms with Crippen LogP contribution in [0.4, 0.5) is 10.1 Å². The molecular weight excluding hydrogens is 197 g/mol. The Hall–Kier alpha value is -0.410. The van der Waals surface area contributed by atoms with E-state index in [0.29, 0.717) is 5.69 Å². The molecule has 0 saturated heterocycles. The average Bonchev–Trinajstić information content (AvgIpc) is 2.01. The summed E-state index contributed by atoms with van der Waals surface area (Å²) in [5, 5.41) is 0.125. The fourth-order valence-electron chi connectivity index (χ4n) is 0.824. The van der Waals surface area contributed by atoms with E-state index in [9.17, 15) is 4.39 Å². The summed E-state index contributed by atoms with van der Waals surface area (Å²) in [5.41, 5.74) is 6.00. The predicted molar refractivity (Wildman–Crippen MR) is 52.2 cm³/mol. The van der Waals surface area contributed by atoms with Crippen LogP contribution >= 0.6 is 23.4 Å². The summed E-state index contributed by atoms with van der Waals surface area (Å²) in [5.74, 6) is 0.432. The number of hydrogen-bond donors (Lipinski definition) is 1. The zero-order valence-electron chi connectivity index (χ0n) is 6.60. The molecule has 0 spiro atoms. The van der Waals surface area contributed by atoms with Crippen LogP contribution in [-0.2, 0) is 0 Å². The molecule has 0 bridgehead atoms. The number of rotatable bonds is 2. The molecule has 0 saturated carbocycles. The van der Waals surface area contributed by atoms with Gasteiger partial charge >= 0.3 is 0 Å². The lowest BCUT2D eigenvalue weighted by molar-refractivity contribution is 0.628. The zero-order valence-corrected chi connectivity index (χ0v) is 8.18. The molecule has 0 unspecified atom stereocenters. The van der Waals surface area contributed by atoms with E-state index >= 15 is 0 Å². The van der Waals surface area contributed by atoms with Crippen LogP contribution in [-0.4, -0.2) is 5.75 Å². The minimum Gasteiger partial charge on any atom is -0.398 e. The highest BCUT2D eigenvalue weighted by Gasteiger charge is 2.05. The maximum atomic E-state index is 12.8. The highest BCUT2D eigenvalue weighted by molar-refractivity contribution is 7.99. The van der Waals surface area contributed by atoms with Gasteiger partial charge in [-0.3, -0.25) is 0 Å². The molecule has 0 fully saturated rings. The fourth-order valence-corrected chi connectivity index (χ4v) is 1.79. The van der Waals surface area contributed by atoms with Gasteiger partial charge in [-0.25, -0.2) is 4.39 Å². The molecule has 0 atom stereocenters. The molecule has 1 aromatic carbocycles. The number of nitrogens with two attached hydrogens (primary N) is 1. The quantitative estimate of drug-likeness (QED) is 0.593. The number of halogens is 2. The normalized spacial score (nSPS) is 10.2. The Morgan fingerprint density at radius 2 is 2.25 bits per heavy atom. The van der Waals surface area contributed by atoms with Crippen molar-refractivity contribution in [2.24, 2.45) is 0 Å². The van der Waals surface area contributed by atoms with E-state index in [1.165, 1.54) is 6.07 Å². The maximum absolute atomic E-state index is 12.8. The molecule has 0 heterocycles. The first-order valence-electron chi connectivity index (χ1n) is 3.52. The SMILES string of the molecule is CCSc1cc(Cl)c(F)cc1N. The molecule has 0 aromatic heterocycles. The van der Waals surface area contributed by atoms with Gasteiger partial charge in [0.25, 0.3) is 0 Å². The summed E-state index contributed by atoms with van der Waals surface area (Å²) in [4.78, 5) is 0.837. The largest absolute Gasteiger partial charge is 0.398 e. The van der Waals surface area contributed by atoms with E-state index in [2.05, 4.69) is 0 Å². The minimum atomic E-state index is -0.463. The van der Waals surface area contributed by atoms with Crippen molar-refractivity contribution in [1.29, 1.82) is 0 Å². The van der Waals surface area contributed by atoms with E-state index in [-0.39, 0.29) is 5.02 Å². The van der Waals surface area contributed by atoms with Crippen LogP contribution in [0.25, 0.3) is 0 Å². The van der Waals surface area contributed by atoms with Crippen molar-refractivity contribution in [3.8, 4) is 0 Å². The van der Waals surface area contributed by atoms with Crippen LogP contribution < -0.4 is 5.73 Å². The van der Waals surface area contributed by atoms with Gasteiger partial charge in [0, 0.05) is 10.6 Å². The topological polar surface area (TPSA) is 26.0 Å². The molecule has 12 heavy (non-hydrogen) atoms. The van der Waals surface area contributed by atoms with Gasteiger partial charge in [-0.15, -0.1) is 11.8 Å². The number of hydrogen-bond acceptors (Lipinski definition) is 2. The third kappa shape index (κ3) is 2.05. The molecular formula is C8H9ClFNS. The van der Waals surface area contributed by atoms with Crippen molar-refractivity contribution >= 4 is 29.1 Å². The second kappa shape index (κ2) is 4.01. The maximum Gasteiger partial charge on any atom is 0.143 e. The first-order valence-corrected chi connectivity index (χ1v) is 4.88. The van der Waals surface area contributed by atoms with Crippen molar-refractivity contribution in [2.45, 2.75) is 11.8 Å². The summed E-state index contributed by atoms with van der Waals surface area (Å²) in [6.07, 6.45) is 0. The number of anilines is 1. The second-order valence-electron chi connectivity index (χ2n) is 2.24. The van der Waals surface area contributed by atoms with E-state index in [1.807, 2.05) is 6.92 Å². The smallest absolute Gasteiger partial charge is 0.143 e. The summed E-state index contributed by atoms with van der Waals surface area (Å²) in [6, 6.07) is 2.81. The first-order chi connectivity index (χ1) is 5.65. The highest BCUT2D eigenvalue weighted by atomic mass is 35.5. The van der Waals surface area contributed by atoms with Crippen LogP contribution in [0.1, 0.15) is 6.92 Å². The molecule has 0 aliphatic heterocycles. The lowest BCUT2D eigenvalue weighted by Crippen LogP contribution is -1.91. The van der Waals surface area contributed by atoms with E-state index < -0.39 is 5.82 Å². The van der Waals surface area contributed by atoms with E-state index in [4.69, 9.17) is 17.3 Å². The van der Waals surface area contributed by atoms with Gasteiger partial charge in [0.1, 0.15) is 5.82 Å². The van der Waals surface area contributed by atoms with Gasteiger partial charge in [-0.05, 0) is 17.9 Å². The Bertz CT molecular complexity index is 291. The summed E-state index contributed by atoms with van der Waals surface area (Å²) >= 11 is 7.13. The van der Waals surface area contributed by atoms with Crippen molar-refractivity contribution in [3.05, 3.63) is 23.0 Å². The lowest BCUT2D eigenvalue weighted by atomic mass is 10.3. The third-order valence-electron chi connectivity index (χ3n) is 1.35. The molecule has 4 heteroatoms. The van der Waals surface area contributed by atoms with Crippen molar-refractivity contribution in [3.63, 3.8) is 0 Å². The number of benzene rings is 1. The monoisotopic (exact) mass is 205 g/mol. The minimum absolute atomic E-state index is 0.125. The molecule has 0 amide bonds. The molecule has 66 valence electrons. The van der Waals surface area contributed by atoms with Gasteiger partial charge in [0.15, 0.2) is 0 Å². The number of nitrogen functional groups attached to an aromatic ring is 1. The lowest BCUT2D eigenvalue weighted by Gasteiger charge is -2.04. The molecule has 0 aliphatic carbocycles. The van der Waals surface area contributed by atoms with Crippen LogP contribution in [0.15, 0.2) is 17.0 Å². The fraction of sp³-hybridized carbons (Fsp3) is 0.250. The molecule has 1 rings (SSSR count). The average molecular weight is 206 g/mol. The standard InChI is InChI=1S/C8H9ClFNS/c1-2-12-8-3-5(9)6(10)4-7(8)11/h3-4H,2,11H2,1H3. The summed E-state index contributed by atoms with van der Waals surface area (Å²) < 4.78 is 12.8. The summed E-state index contributed by atoms with van der Waals surface area (Å²) in [6.45, 7) is 2.00. The first kappa shape index (κ1) is 9.68. The van der Waals surface area contributed by atoms with Crippen LogP contribution in [0, 0.1) is 5.82 Å². The van der Waals surface area contributed by atoms with Gasteiger partial charge in [-0.1, -0.05) is 18.5 Å². The van der Waals surface area contributed by atoms with Crippen molar-refractivity contribution in [1.82, 2.24) is 0 Å². The van der Waals surface area contributed by atoms with Gasteiger partial charge in [-0.2, -0.15) is 0 Å². The second-order valence-corrected chi connectivity index (χ2v) is 3.95. The van der Waals surface area contributed by atoms with E-state index in [0.717, 1.165) is 10.6 Å². The van der Waals surface area contributed by atoms with Gasteiger partial charge in [0.2, 0.25) is 0 Å². The zero-order chi connectivity index (χ0) is 9.14. The molecule has 1 aromatic rings. The molecule has 2 N–H and O–H groups in total. The Balaban J connectivity index is 3.05. The summed E-state index contributed by atoms with van der Waals surface area (Å²) in [7, 11) is 0. The van der Waals surface area contributed by atoms with E-state index in [1.54, 1.807) is 17.8 Å². The van der Waals surface area contributed by atoms with Crippen LogP contribution in [0.5, 0.6) is 0 Å². The third-order valence-corrected chi connectivity index (χ3v) is 2.60. The Labute approximate surface area is 80.1 Å². The molecule has 1 nitrogen and oxygen atoms in total. The Morgan fingerprint density at radius 3 is 2.83 bits per heavy atom. The van der Waals surface area contributed by atoms with Crippen molar-refractivity contribution in [2.75, 3.05) is 11.5 Å². The van der Waals surface area contributed by atoms with Crippen molar-refractivity contribution < 1.29 is 4.39 Å². The number of thioether (sulfide) groups is 1. The van der Waals surface area contributed by atoms with Crippen LogP contribution in [0.3, 0.4) is 0 Å².